The molecule has 190 valence electrons. The van der Waals surface area contributed by atoms with Gasteiger partial charge >= 0.3 is 6.18 Å². The van der Waals surface area contributed by atoms with Crippen molar-refractivity contribution in [2.24, 2.45) is 15.1 Å². The van der Waals surface area contributed by atoms with Gasteiger partial charge in [-0.15, -0.1) is 0 Å². The second-order valence-electron chi connectivity index (χ2n) is 7.62. The zero-order valence-electron chi connectivity index (χ0n) is 18.4. The average molecular weight is 538 g/mol. The molecule has 2 N–H and O–H groups in total. The molecule has 3 aromatic carbocycles. The molecule has 0 aromatic heterocycles. The summed E-state index contributed by atoms with van der Waals surface area (Å²) >= 11 is 6.01. The predicted molar refractivity (Wildman–Crippen MR) is 125 cm³/mol. The Kier molecular flexibility index (Phi) is 7.30. The Morgan fingerprint density at radius 2 is 1.62 bits per heavy atom. The Morgan fingerprint density at radius 3 is 2.24 bits per heavy atom. The van der Waals surface area contributed by atoms with Crippen LogP contribution in [0.15, 0.2) is 75.7 Å². The molecule has 3 aromatic rings. The van der Waals surface area contributed by atoms with Crippen LogP contribution in [0, 0.1) is 17.5 Å². The van der Waals surface area contributed by atoms with Crippen molar-refractivity contribution < 1.29 is 31.1 Å². The average Bonchev–Trinajstić information content (AvgIpc) is 3.28. The molecule has 0 atom stereocenters. The van der Waals surface area contributed by atoms with E-state index in [0.717, 1.165) is 48.5 Å². The Balaban J connectivity index is 1.62. The monoisotopic (exact) mass is 537 g/mol. The molecule has 1 aliphatic rings. The van der Waals surface area contributed by atoms with E-state index >= 15 is 0 Å². The number of carbonyl (C=O) groups excluding carboxylic acids is 1. The van der Waals surface area contributed by atoms with Crippen molar-refractivity contribution in [1.82, 2.24) is 10.7 Å². The zero-order chi connectivity index (χ0) is 26.7. The number of hydrazone groups is 1. The highest BCUT2D eigenvalue weighted by atomic mass is 35.5. The molecule has 0 fully saturated rings. The van der Waals surface area contributed by atoms with Gasteiger partial charge in [0.2, 0.25) is 5.96 Å². The highest BCUT2D eigenvalue weighted by molar-refractivity contribution is 6.33. The molecule has 1 heterocycles. The Labute approximate surface area is 210 Å². The van der Waals surface area contributed by atoms with Gasteiger partial charge < -0.3 is 0 Å². The van der Waals surface area contributed by atoms with Crippen molar-refractivity contribution in [2.75, 3.05) is 0 Å². The second-order valence-corrected chi connectivity index (χ2v) is 8.03. The molecule has 0 unspecified atom stereocenters. The number of benzene rings is 3. The standard InChI is InChI=1S/C24H14ClF6N5O/c25-18-10-15(26)5-6-19(18)32-23(34-22(37)12-1-3-14(4-2-12)24(29,30)31)33-21-11-20(35-36-21)13-7-16(27)9-17(28)8-13/h1-10H,11H2,(H2,32,33,34,36,37). The van der Waals surface area contributed by atoms with Crippen LogP contribution in [-0.4, -0.2) is 23.4 Å². The van der Waals surface area contributed by atoms with Crippen LogP contribution in [0.1, 0.15) is 27.9 Å². The van der Waals surface area contributed by atoms with Gasteiger partial charge in [0, 0.05) is 17.2 Å². The molecule has 0 saturated heterocycles. The zero-order valence-corrected chi connectivity index (χ0v) is 19.1. The van der Waals surface area contributed by atoms with E-state index in [9.17, 15) is 31.1 Å². The lowest BCUT2D eigenvalue weighted by molar-refractivity contribution is -0.137. The van der Waals surface area contributed by atoms with Gasteiger partial charge in [0.1, 0.15) is 23.3 Å². The van der Waals surface area contributed by atoms with Crippen LogP contribution in [0.3, 0.4) is 0 Å². The van der Waals surface area contributed by atoms with Gasteiger partial charge in [-0.3, -0.25) is 15.5 Å². The van der Waals surface area contributed by atoms with E-state index in [0.29, 0.717) is 6.07 Å². The molecule has 4 rings (SSSR count). The highest BCUT2D eigenvalue weighted by Gasteiger charge is 2.30. The Morgan fingerprint density at radius 1 is 0.946 bits per heavy atom. The van der Waals surface area contributed by atoms with Crippen molar-refractivity contribution >= 4 is 40.7 Å². The van der Waals surface area contributed by atoms with E-state index in [-0.39, 0.29) is 45.8 Å². The van der Waals surface area contributed by atoms with Gasteiger partial charge in [-0.2, -0.15) is 23.3 Å². The largest absolute Gasteiger partial charge is 0.416 e. The van der Waals surface area contributed by atoms with E-state index in [1.54, 1.807) is 0 Å². The number of alkyl halides is 3. The fraction of sp³-hybridized carbons (Fsp3) is 0.0833. The van der Waals surface area contributed by atoms with E-state index in [4.69, 9.17) is 11.6 Å². The number of nitrogens with zero attached hydrogens (tertiary/aromatic N) is 3. The lowest BCUT2D eigenvalue weighted by Gasteiger charge is -2.09. The summed E-state index contributed by atoms with van der Waals surface area (Å²) in [7, 11) is 0. The Bertz CT molecular complexity index is 1430. The number of nitrogens with one attached hydrogen (secondary N) is 2. The second kappa shape index (κ2) is 10.4. The number of amidine groups is 1. The van der Waals surface area contributed by atoms with Gasteiger partial charge in [-0.25, -0.2) is 18.2 Å². The lowest BCUT2D eigenvalue weighted by atomic mass is 10.1. The molecular formula is C24H14ClF6N5O. The first-order valence-electron chi connectivity index (χ1n) is 10.4. The topological polar surface area (TPSA) is 78.2 Å². The molecule has 0 bridgehead atoms. The molecular weight excluding hydrogens is 524 g/mol. The number of guanidine groups is 1. The summed E-state index contributed by atoms with van der Waals surface area (Å²) in [6, 6.07) is 9.56. The number of hydrogen-bond acceptors (Lipinski definition) is 3. The van der Waals surface area contributed by atoms with Crippen LogP contribution in [0.25, 0.3) is 0 Å². The molecule has 37 heavy (non-hydrogen) atoms. The van der Waals surface area contributed by atoms with E-state index in [2.05, 4.69) is 25.8 Å². The van der Waals surface area contributed by atoms with Gasteiger partial charge in [-0.1, -0.05) is 11.6 Å². The molecule has 0 radical (unpaired) electrons. The van der Waals surface area contributed by atoms with Crippen LogP contribution >= 0.6 is 11.6 Å². The van der Waals surface area contributed by atoms with Crippen molar-refractivity contribution in [3.8, 4) is 0 Å². The molecule has 1 amide bonds. The summed E-state index contributed by atoms with van der Waals surface area (Å²) < 4.78 is 79.1. The van der Waals surface area contributed by atoms with Gasteiger partial charge in [0.05, 0.1) is 28.4 Å². The number of carbonyl (C=O) groups is 1. The molecule has 1 aliphatic heterocycles. The summed E-state index contributed by atoms with van der Waals surface area (Å²) in [5.41, 5.74) is 1.92. The van der Waals surface area contributed by atoms with Crippen LogP contribution in [0.5, 0.6) is 0 Å². The summed E-state index contributed by atoms with van der Waals surface area (Å²) in [6.45, 7) is 0. The fourth-order valence-corrected chi connectivity index (χ4v) is 3.41. The first-order valence-corrected chi connectivity index (χ1v) is 10.7. The normalized spacial score (nSPS) is 14.9. The number of aliphatic imine (C=N–C) groups is 2. The summed E-state index contributed by atoms with van der Waals surface area (Å²) in [4.78, 5) is 21.0. The van der Waals surface area contributed by atoms with Crippen LogP contribution in [0.4, 0.5) is 32.0 Å². The van der Waals surface area contributed by atoms with E-state index in [1.165, 1.54) is 6.07 Å². The van der Waals surface area contributed by atoms with Gasteiger partial charge in [-0.05, 0) is 54.6 Å². The first kappa shape index (κ1) is 25.9. The third kappa shape index (κ3) is 6.53. The molecule has 0 aliphatic carbocycles. The van der Waals surface area contributed by atoms with Gasteiger partial charge in [0.15, 0.2) is 0 Å². The third-order valence-corrected chi connectivity index (χ3v) is 5.23. The molecule has 0 saturated carbocycles. The molecule has 0 spiro atoms. The number of hydrogen-bond donors (Lipinski definition) is 2. The van der Waals surface area contributed by atoms with Crippen LogP contribution in [-0.2, 0) is 6.18 Å². The SMILES string of the molecule is O=C(NC(N=C1CC(c2cc(F)cc(F)c2)=NN1)=Nc1ccc(F)cc1Cl)c1ccc(C(F)(F)F)cc1. The molecule has 6 nitrogen and oxygen atoms in total. The van der Waals surface area contributed by atoms with Crippen molar-refractivity contribution in [1.29, 1.82) is 0 Å². The maximum Gasteiger partial charge on any atom is 0.416 e. The van der Waals surface area contributed by atoms with Gasteiger partial charge in [0.25, 0.3) is 5.91 Å². The summed E-state index contributed by atoms with van der Waals surface area (Å²) in [5, 5.41) is 6.24. The van der Waals surface area contributed by atoms with E-state index < -0.39 is 35.1 Å². The van der Waals surface area contributed by atoms with Crippen molar-refractivity contribution in [2.45, 2.75) is 12.6 Å². The van der Waals surface area contributed by atoms with Crippen LogP contribution in [0.2, 0.25) is 5.02 Å². The minimum absolute atomic E-state index is 0.0291. The summed E-state index contributed by atoms with van der Waals surface area (Å²) in [6.07, 6.45) is -4.61. The quantitative estimate of drug-likeness (QED) is 0.245. The lowest BCUT2D eigenvalue weighted by Crippen LogP contribution is -2.31. The number of rotatable bonds is 3. The fourth-order valence-electron chi connectivity index (χ4n) is 3.20. The minimum atomic E-state index is -4.58. The van der Waals surface area contributed by atoms with Crippen molar-refractivity contribution in [3.05, 3.63) is 99.8 Å². The third-order valence-electron chi connectivity index (χ3n) is 4.93. The Hall–Kier alpha value is -4.19. The maximum absolute atomic E-state index is 13.6. The first-order chi connectivity index (χ1) is 17.5. The predicted octanol–water partition coefficient (Wildman–Crippen LogP) is 5.99. The highest BCUT2D eigenvalue weighted by Crippen LogP contribution is 2.29. The minimum Gasteiger partial charge on any atom is -0.290 e. The van der Waals surface area contributed by atoms with Crippen LogP contribution < -0.4 is 10.7 Å². The number of amides is 1. The number of halogens is 7. The van der Waals surface area contributed by atoms with E-state index in [1.807, 2.05) is 0 Å². The smallest absolute Gasteiger partial charge is 0.290 e. The molecule has 13 heteroatoms. The van der Waals surface area contributed by atoms with Crippen molar-refractivity contribution in [3.63, 3.8) is 0 Å². The summed E-state index contributed by atoms with van der Waals surface area (Å²) in [5.74, 6) is -3.34. The maximum atomic E-state index is 13.6.